The molecule has 0 saturated carbocycles. The van der Waals surface area contributed by atoms with E-state index in [0.29, 0.717) is 31.7 Å². The molecule has 1 aromatic rings. The maximum atomic E-state index is 12.4. The van der Waals surface area contributed by atoms with Crippen LogP contribution in [-0.2, 0) is 9.59 Å². The van der Waals surface area contributed by atoms with Crippen molar-refractivity contribution in [3.05, 3.63) is 28.8 Å². The van der Waals surface area contributed by atoms with Gasteiger partial charge in [0.15, 0.2) is 0 Å². The molecule has 1 saturated heterocycles. The van der Waals surface area contributed by atoms with Gasteiger partial charge in [0, 0.05) is 19.0 Å². The summed E-state index contributed by atoms with van der Waals surface area (Å²) in [4.78, 5) is 26.3. The zero-order valence-electron chi connectivity index (χ0n) is 14.8. The molecule has 23 heavy (non-hydrogen) atoms. The molecule has 126 valence electrons. The smallest absolute Gasteiger partial charge is 0.314 e. The maximum Gasteiger partial charge on any atom is 0.314 e. The van der Waals surface area contributed by atoms with Crippen LogP contribution >= 0.6 is 0 Å². The quantitative estimate of drug-likeness (QED) is 0.634. The number of amides is 1. The number of nitrogens with zero attached hydrogens (tertiary/aromatic N) is 1. The first-order chi connectivity index (χ1) is 10.8. The third-order valence-corrected chi connectivity index (χ3v) is 4.44. The van der Waals surface area contributed by atoms with E-state index in [4.69, 9.17) is 4.74 Å². The molecule has 0 aliphatic carbocycles. The molecule has 1 fully saturated rings. The number of carbonyl (C=O) groups excluding carboxylic acids is 2. The van der Waals surface area contributed by atoms with E-state index in [0.717, 1.165) is 11.1 Å². The summed E-state index contributed by atoms with van der Waals surface area (Å²) in [5.41, 5.74) is 3.15. The van der Waals surface area contributed by atoms with E-state index in [1.165, 1.54) is 5.56 Å². The standard InChI is InChI=1S/C19H27NO3/c1-12(2)18(21)20-8-6-16(7-9-20)19(22)23-17-14(4)10-13(3)11-15(17)5/h10-12,16H,6-9H2,1-5H3. The predicted octanol–water partition coefficient (Wildman–Crippen LogP) is 3.41. The summed E-state index contributed by atoms with van der Waals surface area (Å²) in [6.07, 6.45) is 1.36. The average Bonchev–Trinajstić information content (AvgIpc) is 2.50. The van der Waals surface area contributed by atoms with E-state index in [2.05, 4.69) is 0 Å². The molecule has 2 rings (SSSR count). The van der Waals surface area contributed by atoms with Crippen molar-refractivity contribution in [3.63, 3.8) is 0 Å². The van der Waals surface area contributed by atoms with Gasteiger partial charge in [-0.2, -0.15) is 0 Å². The predicted molar refractivity (Wildman–Crippen MR) is 90.4 cm³/mol. The molecule has 1 aliphatic heterocycles. The van der Waals surface area contributed by atoms with E-state index < -0.39 is 0 Å². The molecule has 4 heteroatoms. The van der Waals surface area contributed by atoms with Crippen LogP contribution in [-0.4, -0.2) is 29.9 Å². The van der Waals surface area contributed by atoms with Gasteiger partial charge in [-0.15, -0.1) is 0 Å². The Hall–Kier alpha value is -1.84. The summed E-state index contributed by atoms with van der Waals surface area (Å²) in [6.45, 7) is 11.1. The largest absolute Gasteiger partial charge is 0.426 e. The molecule has 0 spiro atoms. The fourth-order valence-corrected chi connectivity index (χ4v) is 3.21. The van der Waals surface area contributed by atoms with Gasteiger partial charge in [0.05, 0.1) is 5.92 Å². The number of hydrogen-bond acceptors (Lipinski definition) is 3. The minimum absolute atomic E-state index is 0.0105. The van der Waals surface area contributed by atoms with Gasteiger partial charge in [0.25, 0.3) is 0 Å². The third kappa shape index (κ3) is 4.12. The highest BCUT2D eigenvalue weighted by atomic mass is 16.5. The zero-order valence-corrected chi connectivity index (χ0v) is 14.8. The van der Waals surface area contributed by atoms with Gasteiger partial charge in [-0.3, -0.25) is 9.59 Å². The Morgan fingerprint density at radius 3 is 2.09 bits per heavy atom. The van der Waals surface area contributed by atoms with E-state index in [1.807, 2.05) is 51.7 Å². The molecule has 0 aromatic heterocycles. The van der Waals surface area contributed by atoms with Crippen LogP contribution in [0.3, 0.4) is 0 Å². The number of ether oxygens (including phenoxy) is 1. The fraction of sp³-hybridized carbons (Fsp3) is 0.579. The molecule has 0 atom stereocenters. The van der Waals surface area contributed by atoms with Crippen molar-refractivity contribution in [3.8, 4) is 5.75 Å². The van der Waals surface area contributed by atoms with Crippen molar-refractivity contribution in [1.82, 2.24) is 4.90 Å². The van der Waals surface area contributed by atoms with Crippen molar-refractivity contribution in [2.24, 2.45) is 11.8 Å². The number of aryl methyl sites for hydroxylation is 3. The lowest BCUT2D eigenvalue weighted by molar-refractivity contribution is -0.144. The Kier molecular flexibility index (Phi) is 5.45. The maximum absolute atomic E-state index is 12.4. The van der Waals surface area contributed by atoms with E-state index in [-0.39, 0.29) is 23.7 Å². The number of hydrogen-bond donors (Lipinski definition) is 0. The van der Waals surface area contributed by atoms with Crippen molar-refractivity contribution in [2.45, 2.75) is 47.5 Å². The molecule has 1 amide bonds. The van der Waals surface area contributed by atoms with Crippen molar-refractivity contribution < 1.29 is 14.3 Å². The van der Waals surface area contributed by atoms with Gasteiger partial charge in [-0.05, 0) is 44.7 Å². The van der Waals surface area contributed by atoms with Crippen LogP contribution in [0.15, 0.2) is 12.1 Å². The second-order valence-electron chi connectivity index (χ2n) is 6.90. The molecule has 1 aliphatic rings. The first-order valence-corrected chi connectivity index (χ1v) is 8.38. The summed E-state index contributed by atoms with van der Waals surface area (Å²) in [5, 5.41) is 0. The highest BCUT2D eigenvalue weighted by Crippen LogP contribution is 2.27. The van der Waals surface area contributed by atoms with Crippen molar-refractivity contribution >= 4 is 11.9 Å². The van der Waals surface area contributed by atoms with E-state index in [1.54, 1.807) is 0 Å². The van der Waals surface area contributed by atoms with Gasteiger partial charge < -0.3 is 9.64 Å². The normalized spacial score (nSPS) is 15.8. The van der Waals surface area contributed by atoms with Crippen LogP contribution in [0.2, 0.25) is 0 Å². The summed E-state index contributed by atoms with van der Waals surface area (Å²) < 4.78 is 5.67. The summed E-state index contributed by atoms with van der Waals surface area (Å²) in [7, 11) is 0. The number of rotatable bonds is 3. The van der Waals surface area contributed by atoms with Gasteiger partial charge in [0.1, 0.15) is 5.75 Å². The lowest BCUT2D eigenvalue weighted by atomic mass is 9.96. The van der Waals surface area contributed by atoms with Crippen LogP contribution in [0, 0.1) is 32.6 Å². The molecule has 0 radical (unpaired) electrons. The molecule has 0 unspecified atom stereocenters. The molecule has 1 aromatic carbocycles. The first kappa shape index (κ1) is 17.5. The Balaban J connectivity index is 1.97. The highest BCUT2D eigenvalue weighted by molar-refractivity contribution is 5.79. The number of likely N-dealkylation sites (tertiary alicyclic amines) is 1. The minimum Gasteiger partial charge on any atom is -0.426 e. The van der Waals surface area contributed by atoms with E-state index in [9.17, 15) is 9.59 Å². The SMILES string of the molecule is Cc1cc(C)c(OC(=O)C2CCN(C(=O)C(C)C)CC2)c(C)c1. The number of esters is 1. The molecule has 0 N–H and O–H groups in total. The molecule has 0 bridgehead atoms. The van der Waals surface area contributed by atoms with Crippen LogP contribution in [0.4, 0.5) is 0 Å². The van der Waals surface area contributed by atoms with Crippen LogP contribution < -0.4 is 4.74 Å². The van der Waals surface area contributed by atoms with Gasteiger partial charge >= 0.3 is 5.97 Å². The molecule has 4 nitrogen and oxygen atoms in total. The third-order valence-electron chi connectivity index (χ3n) is 4.44. The van der Waals surface area contributed by atoms with E-state index >= 15 is 0 Å². The molecular formula is C19H27NO3. The van der Waals surface area contributed by atoms with Gasteiger partial charge in [-0.25, -0.2) is 0 Å². The first-order valence-electron chi connectivity index (χ1n) is 8.38. The van der Waals surface area contributed by atoms with Crippen LogP contribution in [0.25, 0.3) is 0 Å². The highest BCUT2D eigenvalue weighted by Gasteiger charge is 2.29. The summed E-state index contributed by atoms with van der Waals surface area (Å²) in [6, 6.07) is 4.05. The number of carbonyl (C=O) groups is 2. The Morgan fingerprint density at radius 2 is 1.61 bits per heavy atom. The number of benzene rings is 1. The lowest BCUT2D eigenvalue weighted by Crippen LogP contribution is -2.42. The number of piperidine rings is 1. The van der Waals surface area contributed by atoms with Crippen molar-refractivity contribution in [2.75, 3.05) is 13.1 Å². The minimum atomic E-state index is -0.170. The second-order valence-corrected chi connectivity index (χ2v) is 6.90. The summed E-state index contributed by atoms with van der Waals surface area (Å²) in [5.74, 6) is 0.572. The topological polar surface area (TPSA) is 46.6 Å². The van der Waals surface area contributed by atoms with Crippen LogP contribution in [0.1, 0.15) is 43.4 Å². The lowest BCUT2D eigenvalue weighted by Gasteiger charge is -2.32. The Labute approximate surface area is 138 Å². The second kappa shape index (κ2) is 7.16. The summed E-state index contributed by atoms with van der Waals surface area (Å²) >= 11 is 0. The van der Waals surface area contributed by atoms with Gasteiger partial charge in [-0.1, -0.05) is 31.5 Å². The fourth-order valence-electron chi connectivity index (χ4n) is 3.21. The van der Waals surface area contributed by atoms with Crippen molar-refractivity contribution in [1.29, 1.82) is 0 Å². The molecular weight excluding hydrogens is 290 g/mol. The Morgan fingerprint density at radius 1 is 1.09 bits per heavy atom. The van der Waals surface area contributed by atoms with Crippen LogP contribution in [0.5, 0.6) is 5.75 Å². The molecule has 1 heterocycles. The average molecular weight is 317 g/mol. The zero-order chi connectivity index (χ0) is 17.1. The van der Waals surface area contributed by atoms with Gasteiger partial charge in [0.2, 0.25) is 5.91 Å². The Bertz CT molecular complexity index is 576. The monoisotopic (exact) mass is 317 g/mol.